The first-order valence-corrected chi connectivity index (χ1v) is 5.68. The van der Waals surface area contributed by atoms with Gasteiger partial charge in [-0.15, -0.1) is 0 Å². The summed E-state index contributed by atoms with van der Waals surface area (Å²) in [4.78, 5) is 11.7. The molecule has 0 saturated heterocycles. The maximum absolute atomic E-state index is 13.3. The van der Waals surface area contributed by atoms with Gasteiger partial charge in [0, 0.05) is 12.1 Å². The highest BCUT2D eigenvalue weighted by molar-refractivity contribution is 5.92. The molecule has 20 heavy (non-hydrogen) atoms. The molecule has 3 nitrogen and oxygen atoms in total. The molecule has 0 aliphatic carbocycles. The molecular formula is C14H10F3NO2. The number of amides is 1. The van der Waals surface area contributed by atoms with Gasteiger partial charge in [-0.3, -0.25) is 4.79 Å². The molecule has 0 saturated carbocycles. The quantitative estimate of drug-likeness (QED) is 0.850. The van der Waals surface area contributed by atoms with Crippen LogP contribution in [0.4, 0.5) is 18.9 Å². The van der Waals surface area contributed by atoms with E-state index in [-0.39, 0.29) is 12.2 Å². The lowest BCUT2D eigenvalue weighted by Gasteiger charge is -2.07. The van der Waals surface area contributed by atoms with Crippen molar-refractivity contribution in [3.05, 3.63) is 59.4 Å². The standard InChI is InChI=1S/C14H10F3NO2/c15-9-6-11(16)14(17)12(7-9)18-13(20)5-8-2-1-3-10(19)4-8/h1-4,6-7,19H,5H2,(H,18,20). The Morgan fingerprint density at radius 2 is 1.90 bits per heavy atom. The lowest BCUT2D eigenvalue weighted by molar-refractivity contribution is -0.115. The average Bonchev–Trinajstić information content (AvgIpc) is 2.35. The van der Waals surface area contributed by atoms with Gasteiger partial charge in [-0.25, -0.2) is 13.2 Å². The van der Waals surface area contributed by atoms with Gasteiger partial charge in [-0.1, -0.05) is 12.1 Å². The zero-order valence-electron chi connectivity index (χ0n) is 10.2. The van der Waals surface area contributed by atoms with E-state index in [1.54, 1.807) is 12.1 Å². The molecule has 0 fully saturated rings. The summed E-state index contributed by atoms with van der Waals surface area (Å²) in [6, 6.07) is 7.01. The number of aromatic hydroxyl groups is 1. The van der Waals surface area contributed by atoms with E-state index in [0.717, 1.165) is 0 Å². The van der Waals surface area contributed by atoms with E-state index in [4.69, 9.17) is 0 Å². The number of hydrogen-bond donors (Lipinski definition) is 2. The first-order valence-electron chi connectivity index (χ1n) is 5.68. The molecule has 0 spiro atoms. The van der Waals surface area contributed by atoms with Crippen LogP contribution in [0.1, 0.15) is 5.56 Å². The summed E-state index contributed by atoms with van der Waals surface area (Å²) in [5.74, 6) is -4.36. The fourth-order valence-corrected chi connectivity index (χ4v) is 1.69. The molecule has 0 unspecified atom stereocenters. The third-order valence-corrected chi connectivity index (χ3v) is 2.54. The summed E-state index contributed by atoms with van der Waals surface area (Å²) >= 11 is 0. The highest BCUT2D eigenvalue weighted by Gasteiger charge is 2.13. The third-order valence-electron chi connectivity index (χ3n) is 2.54. The van der Waals surface area contributed by atoms with Crippen molar-refractivity contribution in [1.29, 1.82) is 0 Å². The Kier molecular flexibility index (Phi) is 3.93. The predicted octanol–water partition coefficient (Wildman–Crippen LogP) is 2.99. The Bertz CT molecular complexity index is 659. The molecule has 0 atom stereocenters. The van der Waals surface area contributed by atoms with E-state index in [2.05, 4.69) is 5.32 Å². The molecule has 2 aromatic rings. The molecule has 0 aliphatic rings. The van der Waals surface area contributed by atoms with Crippen molar-refractivity contribution in [3.8, 4) is 5.75 Å². The second-order valence-corrected chi connectivity index (χ2v) is 4.14. The number of halogens is 3. The van der Waals surface area contributed by atoms with Crippen LogP contribution in [0.3, 0.4) is 0 Å². The third kappa shape index (κ3) is 3.28. The Balaban J connectivity index is 2.12. The van der Waals surface area contributed by atoms with Crippen LogP contribution in [0.25, 0.3) is 0 Å². The molecule has 0 heterocycles. The van der Waals surface area contributed by atoms with Crippen molar-refractivity contribution >= 4 is 11.6 Å². The molecule has 6 heteroatoms. The van der Waals surface area contributed by atoms with Crippen molar-refractivity contribution in [2.75, 3.05) is 5.32 Å². The Morgan fingerprint density at radius 1 is 1.15 bits per heavy atom. The van der Waals surface area contributed by atoms with Crippen LogP contribution < -0.4 is 5.32 Å². The number of carbonyl (C=O) groups excluding carboxylic acids is 1. The molecular weight excluding hydrogens is 271 g/mol. The van der Waals surface area contributed by atoms with Gasteiger partial charge < -0.3 is 10.4 Å². The van der Waals surface area contributed by atoms with Crippen LogP contribution in [0.5, 0.6) is 5.75 Å². The van der Waals surface area contributed by atoms with E-state index in [1.807, 2.05) is 0 Å². The SMILES string of the molecule is O=C(Cc1cccc(O)c1)Nc1cc(F)cc(F)c1F. The summed E-state index contributed by atoms with van der Waals surface area (Å²) in [5, 5.41) is 11.3. The van der Waals surface area contributed by atoms with E-state index in [1.165, 1.54) is 12.1 Å². The summed E-state index contributed by atoms with van der Waals surface area (Å²) in [7, 11) is 0. The fraction of sp³-hybridized carbons (Fsp3) is 0.0714. The zero-order valence-corrected chi connectivity index (χ0v) is 10.2. The number of benzene rings is 2. The van der Waals surface area contributed by atoms with Crippen LogP contribution in [-0.4, -0.2) is 11.0 Å². The van der Waals surface area contributed by atoms with Crippen LogP contribution in [0, 0.1) is 17.5 Å². The van der Waals surface area contributed by atoms with E-state index in [0.29, 0.717) is 17.7 Å². The number of phenols is 1. The summed E-state index contributed by atoms with van der Waals surface area (Å²) in [6.07, 6.45) is -0.161. The minimum Gasteiger partial charge on any atom is -0.508 e. The molecule has 0 aliphatic heterocycles. The van der Waals surface area contributed by atoms with Gasteiger partial charge >= 0.3 is 0 Å². The van der Waals surface area contributed by atoms with Crippen LogP contribution in [0.15, 0.2) is 36.4 Å². The Labute approximate surface area is 112 Å². The number of hydrogen-bond acceptors (Lipinski definition) is 2. The van der Waals surface area contributed by atoms with E-state index >= 15 is 0 Å². The monoisotopic (exact) mass is 281 g/mol. The van der Waals surface area contributed by atoms with E-state index < -0.39 is 29.0 Å². The topological polar surface area (TPSA) is 49.3 Å². The predicted molar refractivity (Wildman–Crippen MR) is 66.8 cm³/mol. The summed E-state index contributed by atoms with van der Waals surface area (Å²) < 4.78 is 39.3. The second-order valence-electron chi connectivity index (χ2n) is 4.14. The van der Waals surface area contributed by atoms with Crippen LogP contribution >= 0.6 is 0 Å². The smallest absolute Gasteiger partial charge is 0.228 e. The lowest BCUT2D eigenvalue weighted by atomic mass is 10.1. The maximum Gasteiger partial charge on any atom is 0.228 e. The molecule has 0 bridgehead atoms. The molecule has 0 aromatic heterocycles. The van der Waals surface area contributed by atoms with Crippen LogP contribution in [-0.2, 0) is 11.2 Å². The molecule has 1 amide bonds. The van der Waals surface area contributed by atoms with Gasteiger partial charge in [0.15, 0.2) is 11.6 Å². The van der Waals surface area contributed by atoms with Crippen molar-refractivity contribution in [1.82, 2.24) is 0 Å². The number of rotatable bonds is 3. The largest absolute Gasteiger partial charge is 0.508 e. The molecule has 2 N–H and O–H groups in total. The molecule has 2 rings (SSSR count). The first kappa shape index (κ1) is 13.9. The number of nitrogens with one attached hydrogen (secondary N) is 1. The van der Waals surface area contributed by atoms with Crippen molar-refractivity contribution < 1.29 is 23.1 Å². The molecule has 2 aromatic carbocycles. The Morgan fingerprint density at radius 3 is 2.60 bits per heavy atom. The van der Waals surface area contributed by atoms with Crippen molar-refractivity contribution in [3.63, 3.8) is 0 Å². The fourth-order valence-electron chi connectivity index (χ4n) is 1.69. The zero-order chi connectivity index (χ0) is 14.7. The molecule has 104 valence electrons. The highest BCUT2D eigenvalue weighted by Crippen LogP contribution is 2.19. The normalized spacial score (nSPS) is 10.3. The highest BCUT2D eigenvalue weighted by atomic mass is 19.2. The van der Waals surface area contributed by atoms with Gasteiger partial charge in [0.1, 0.15) is 11.6 Å². The number of phenolic OH excluding ortho intramolecular Hbond substituents is 1. The van der Waals surface area contributed by atoms with Gasteiger partial charge in [0.2, 0.25) is 5.91 Å². The number of carbonyl (C=O) groups is 1. The second kappa shape index (κ2) is 5.64. The Hall–Kier alpha value is -2.50. The van der Waals surface area contributed by atoms with Crippen molar-refractivity contribution in [2.45, 2.75) is 6.42 Å². The maximum atomic E-state index is 13.3. The average molecular weight is 281 g/mol. The van der Waals surface area contributed by atoms with Crippen molar-refractivity contribution in [2.24, 2.45) is 0 Å². The van der Waals surface area contributed by atoms with Gasteiger partial charge in [0.25, 0.3) is 0 Å². The van der Waals surface area contributed by atoms with Gasteiger partial charge in [-0.05, 0) is 17.7 Å². The van der Waals surface area contributed by atoms with Crippen LogP contribution in [0.2, 0.25) is 0 Å². The minimum atomic E-state index is -1.38. The van der Waals surface area contributed by atoms with Gasteiger partial charge in [-0.2, -0.15) is 0 Å². The summed E-state index contributed by atoms with van der Waals surface area (Å²) in [6.45, 7) is 0. The van der Waals surface area contributed by atoms with E-state index in [9.17, 15) is 23.1 Å². The first-order chi connectivity index (χ1) is 9.45. The lowest BCUT2D eigenvalue weighted by Crippen LogP contribution is -2.16. The molecule has 0 radical (unpaired) electrons. The number of anilines is 1. The summed E-state index contributed by atoms with van der Waals surface area (Å²) in [5.41, 5.74) is -0.0764. The van der Waals surface area contributed by atoms with Gasteiger partial charge in [0.05, 0.1) is 12.1 Å². The minimum absolute atomic E-state index is 0.0155.